The van der Waals surface area contributed by atoms with Crippen LogP contribution in [0.5, 0.6) is 0 Å². The van der Waals surface area contributed by atoms with Crippen molar-refractivity contribution in [3.05, 3.63) is 40.6 Å². The molecular weight excluding hydrogens is 263 g/mol. The molecule has 0 aliphatic heterocycles. The number of rotatable bonds is 3. The highest BCUT2D eigenvalue weighted by atomic mass is 32.1. The van der Waals surface area contributed by atoms with Gasteiger partial charge in [-0.3, -0.25) is 0 Å². The lowest BCUT2D eigenvalue weighted by molar-refractivity contribution is -0.141. The molecule has 2 rings (SSSR count). The fraction of sp³-hybridized carbons (Fsp3) is 0.273. The van der Waals surface area contributed by atoms with Crippen LogP contribution in [0.15, 0.2) is 29.2 Å². The van der Waals surface area contributed by atoms with Gasteiger partial charge in [-0.15, -0.1) is 11.3 Å². The molecule has 2 aromatic rings. The maximum Gasteiger partial charge on any atom is 0.433 e. The van der Waals surface area contributed by atoms with Crippen LogP contribution in [-0.4, -0.2) is 9.97 Å². The molecule has 0 spiro atoms. The van der Waals surface area contributed by atoms with Gasteiger partial charge in [0.05, 0.1) is 29.1 Å². The van der Waals surface area contributed by atoms with E-state index >= 15 is 0 Å². The number of hydrogen-bond acceptors (Lipinski definition) is 4. The minimum absolute atomic E-state index is 0.0743. The van der Waals surface area contributed by atoms with Gasteiger partial charge in [0.1, 0.15) is 5.69 Å². The van der Waals surface area contributed by atoms with Crippen molar-refractivity contribution in [1.29, 1.82) is 0 Å². The highest BCUT2D eigenvalue weighted by molar-refractivity contribution is 7.07. The van der Waals surface area contributed by atoms with Crippen LogP contribution in [0.2, 0.25) is 0 Å². The van der Waals surface area contributed by atoms with Crippen molar-refractivity contribution in [2.24, 2.45) is 0 Å². The molecule has 1 N–H and O–H groups in total. The van der Waals surface area contributed by atoms with Gasteiger partial charge in [0.15, 0.2) is 0 Å². The zero-order valence-electron chi connectivity index (χ0n) is 9.40. The highest BCUT2D eigenvalue weighted by Gasteiger charge is 2.32. The molecular formula is C11H10F3N3S. The van der Waals surface area contributed by atoms with E-state index < -0.39 is 11.9 Å². The summed E-state index contributed by atoms with van der Waals surface area (Å²) in [5, 5.41) is 4.92. The minimum atomic E-state index is -4.40. The summed E-state index contributed by atoms with van der Waals surface area (Å²) in [6, 6.07) is 2.24. The average molecular weight is 273 g/mol. The van der Waals surface area contributed by atoms with Crippen LogP contribution >= 0.6 is 11.3 Å². The van der Waals surface area contributed by atoms with Crippen molar-refractivity contribution in [2.45, 2.75) is 19.1 Å². The van der Waals surface area contributed by atoms with Gasteiger partial charge in [0.2, 0.25) is 0 Å². The van der Waals surface area contributed by atoms with Crippen molar-refractivity contribution >= 4 is 17.0 Å². The van der Waals surface area contributed by atoms with E-state index in [4.69, 9.17) is 0 Å². The summed E-state index contributed by atoms with van der Waals surface area (Å²) in [5.41, 5.74) is 2.19. The Hall–Kier alpha value is -1.63. The molecule has 2 heterocycles. The summed E-state index contributed by atoms with van der Waals surface area (Å²) in [4.78, 5) is 7.50. The molecule has 7 heteroatoms. The highest BCUT2D eigenvalue weighted by Crippen LogP contribution is 2.28. The Morgan fingerprint density at radius 1 is 1.28 bits per heavy atom. The van der Waals surface area contributed by atoms with E-state index in [1.807, 2.05) is 12.3 Å². The van der Waals surface area contributed by atoms with Crippen molar-refractivity contribution in [3.63, 3.8) is 0 Å². The first-order chi connectivity index (χ1) is 8.47. The van der Waals surface area contributed by atoms with Gasteiger partial charge in [0.25, 0.3) is 0 Å². The fourth-order valence-corrected chi connectivity index (χ4v) is 2.05. The van der Waals surface area contributed by atoms with Crippen LogP contribution in [0.4, 0.5) is 18.9 Å². The zero-order chi connectivity index (χ0) is 13.2. The van der Waals surface area contributed by atoms with E-state index in [0.29, 0.717) is 5.69 Å². The monoisotopic (exact) mass is 273 g/mol. The van der Waals surface area contributed by atoms with E-state index in [9.17, 15) is 13.2 Å². The second kappa shape index (κ2) is 4.93. The van der Waals surface area contributed by atoms with E-state index in [-0.39, 0.29) is 6.04 Å². The molecule has 96 valence electrons. The van der Waals surface area contributed by atoms with Crippen molar-refractivity contribution < 1.29 is 13.2 Å². The molecule has 0 saturated carbocycles. The third-order valence-electron chi connectivity index (χ3n) is 2.33. The summed E-state index contributed by atoms with van der Waals surface area (Å²) < 4.78 is 36.9. The van der Waals surface area contributed by atoms with Crippen LogP contribution < -0.4 is 5.32 Å². The standard InChI is InChI=1S/C11H10F3N3S/c1-7(9-5-18-6-16-9)17-8-2-3-10(15-4-8)11(12,13)14/h2-7,17H,1H3. The third-order valence-corrected chi connectivity index (χ3v) is 2.94. The SMILES string of the molecule is CC(Nc1ccc(C(F)(F)F)nc1)c1cscn1. The number of nitrogens with zero attached hydrogens (tertiary/aromatic N) is 2. The zero-order valence-corrected chi connectivity index (χ0v) is 10.2. The van der Waals surface area contributed by atoms with Crippen LogP contribution in [0, 0.1) is 0 Å². The predicted octanol–water partition coefficient (Wildman–Crippen LogP) is 3.73. The lowest BCUT2D eigenvalue weighted by Gasteiger charge is -2.13. The second-order valence-electron chi connectivity index (χ2n) is 3.71. The largest absolute Gasteiger partial charge is 0.433 e. The summed E-state index contributed by atoms with van der Waals surface area (Å²) in [6.07, 6.45) is -3.23. The first kappa shape index (κ1) is 12.8. The summed E-state index contributed by atoms with van der Waals surface area (Å²) in [5.74, 6) is 0. The number of halogens is 3. The van der Waals surface area contributed by atoms with Crippen LogP contribution in [0.25, 0.3) is 0 Å². The normalized spacial score (nSPS) is 13.3. The first-order valence-electron chi connectivity index (χ1n) is 5.14. The van der Waals surface area contributed by atoms with Gasteiger partial charge in [-0.05, 0) is 19.1 Å². The van der Waals surface area contributed by atoms with Gasteiger partial charge in [0, 0.05) is 5.38 Å². The number of hydrogen-bond donors (Lipinski definition) is 1. The number of nitrogens with one attached hydrogen (secondary N) is 1. The summed E-state index contributed by atoms with van der Waals surface area (Å²) >= 11 is 1.47. The van der Waals surface area contributed by atoms with Crippen LogP contribution in [-0.2, 0) is 6.18 Å². The van der Waals surface area contributed by atoms with Crippen molar-refractivity contribution in [2.75, 3.05) is 5.32 Å². The fourth-order valence-electron chi connectivity index (χ4n) is 1.41. The Kier molecular flexibility index (Phi) is 3.51. The van der Waals surface area contributed by atoms with E-state index in [1.165, 1.54) is 23.6 Å². The molecule has 18 heavy (non-hydrogen) atoms. The molecule has 0 radical (unpaired) electrons. The number of aromatic nitrogens is 2. The summed E-state index contributed by atoms with van der Waals surface area (Å²) in [7, 11) is 0. The molecule has 0 amide bonds. The van der Waals surface area contributed by atoms with Crippen molar-refractivity contribution in [1.82, 2.24) is 9.97 Å². The molecule has 2 aromatic heterocycles. The van der Waals surface area contributed by atoms with E-state index in [2.05, 4.69) is 15.3 Å². The summed E-state index contributed by atoms with van der Waals surface area (Å²) in [6.45, 7) is 1.88. The first-order valence-corrected chi connectivity index (χ1v) is 6.09. The molecule has 0 aliphatic rings. The molecule has 0 aliphatic carbocycles. The van der Waals surface area contributed by atoms with Gasteiger partial charge in [-0.1, -0.05) is 0 Å². The minimum Gasteiger partial charge on any atom is -0.376 e. The maximum absolute atomic E-state index is 12.3. The topological polar surface area (TPSA) is 37.8 Å². The molecule has 0 aromatic carbocycles. The predicted molar refractivity (Wildman–Crippen MR) is 63.4 cm³/mol. The number of thiazole rings is 1. The Balaban J connectivity index is 2.07. The molecule has 1 unspecified atom stereocenters. The lowest BCUT2D eigenvalue weighted by Crippen LogP contribution is -2.10. The van der Waals surface area contributed by atoms with Crippen LogP contribution in [0.3, 0.4) is 0 Å². The molecule has 1 atom stereocenters. The van der Waals surface area contributed by atoms with Crippen molar-refractivity contribution in [3.8, 4) is 0 Å². The Bertz CT molecular complexity index is 493. The number of pyridine rings is 1. The number of anilines is 1. The van der Waals surface area contributed by atoms with Gasteiger partial charge in [-0.2, -0.15) is 13.2 Å². The number of alkyl halides is 3. The van der Waals surface area contributed by atoms with Gasteiger partial charge >= 0.3 is 6.18 Å². The molecule has 0 bridgehead atoms. The average Bonchev–Trinajstić information content (AvgIpc) is 2.82. The molecule has 0 saturated heterocycles. The Morgan fingerprint density at radius 2 is 2.06 bits per heavy atom. The molecule has 3 nitrogen and oxygen atoms in total. The second-order valence-corrected chi connectivity index (χ2v) is 4.43. The Labute approximate surface area is 106 Å². The van der Waals surface area contributed by atoms with Gasteiger partial charge < -0.3 is 5.32 Å². The lowest BCUT2D eigenvalue weighted by atomic mass is 10.2. The quantitative estimate of drug-likeness (QED) is 0.926. The maximum atomic E-state index is 12.3. The van der Waals surface area contributed by atoms with E-state index in [1.54, 1.807) is 5.51 Å². The van der Waals surface area contributed by atoms with E-state index in [0.717, 1.165) is 11.8 Å². The Morgan fingerprint density at radius 3 is 2.56 bits per heavy atom. The van der Waals surface area contributed by atoms with Crippen LogP contribution in [0.1, 0.15) is 24.4 Å². The molecule has 0 fully saturated rings. The van der Waals surface area contributed by atoms with Gasteiger partial charge in [-0.25, -0.2) is 9.97 Å². The smallest absolute Gasteiger partial charge is 0.376 e. The third kappa shape index (κ3) is 2.98.